The first kappa shape index (κ1) is 10.6. The Morgan fingerprint density at radius 2 is 1.50 bits per heavy atom. The molecule has 0 nitrogen and oxygen atoms in total. The molecule has 54 valence electrons. The van der Waals surface area contributed by atoms with Gasteiger partial charge in [0.05, 0.1) is 0 Å². The minimum atomic E-state index is 0.350. The molecule has 0 heterocycles. The maximum absolute atomic E-state index is 2.90. The van der Waals surface area contributed by atoms with Crippen molar-refractivity contribution >= 4 is 42.1 Å². The van der Waals surface area contributed by atoms with Crippen molar-refractivity contribution in [2.24, 2.45) is 0 Å². The normalized spacial score (nSPS) is 7.80. The molecule has 0 saturated carbocycles. The summed E-state index contributed by atoms with van der Waals surface area (Å²) in [5, 5.41) is 0. The van der Waals surface area contributed by atoms with Crippen LogP contribution in [0.2, 0.25) is 9.74 Å². The molecular formula is C8H11SbSe. The van der Waals surface area contributed by atoms with E-state index in [4.69, 9.17) is 0 Å². The first-order valence-corrected chi connectivity index (χ1v) is 8.97. The molecule has 0 atom stereocenters. The predicted molar refractivity (Wildman–Crippen MR) is 49.3 cm³/mol. The van der Waals surface area contributed by atoms with Gasteiger partial charge in [0.25, 0.3) is 0 Å². The Balaban J connectivity index is 0.000000236. The second-order valence-electron chi connectivity index (χ2n) is 1.76. The number of rotatable bonds is 0. The summed E-state index contributed by atoms with van der Waals surface area (Å²) in [6, 6.07) is 10.1. The van der Waals surface area contributed by atoms with E-state index >= 15 is 0 Å². The van der Waals surface area contributed by atoms with Gasteiger partial charge in [-0.1, -0.05) is 0 Å². The fraction of sp³-hybridized carbons (Fsp3) is 0.250. The van der Waals surface area contributed by atoms with Gasteiger partial charge < -0.3 is 0 Å². The van der Waals surface area contributed by atoms with Gasteiger partial charge in [0.15, 0.2) is 0 Å². The SMILES string of the molecule is [CH3][Sb][CH3].[Se]c1ccccc1. The quantitative estimate of drug-likeness (QED) is 0.633. The molecular weight excluding hydrogens is 297 g/mol. The molecule has 0 aromatic heterocycles. The Labute approximate surface area is 81.8 Å². The predicted octanol–water partition coefficient (Wildman–Crippen LogP) is 1.27. The fourth-order valence-corrected chi connectivity index (χ4v) is 0.750. The van der Waals surface area contributed by atoms with E-state index in [1.54, 1.807) is 0 Å². The molecule has 0 spiro atoms. The molecule has 10 heavy (non-hydrogen) atoms. The fourth-order valence-electron chi connectivity index (χ4n) is 0.420. The summed E-state index contributed by atoms with van der Waals surface area (Å²) in [5.41, 5.74) is 0. The Morgan fingerprint density at radius 3 is 1.70 bits per heavy atom. The van der Waals surface area contributed by atoms with E-state index < -0.39 is 0 Å². The Kier molecular flexibility index (Phi) is 8.09. The van der Waals surface area contributed by atoms with Gasteiger partial charge in [0.2, 0.25) is 0 Å². The van der Waals surface area contributed by atoms with Crippen molar-refractivity contribution in [2.75, 3.05) is 0 Å². The zero-order valence-corrected chi connectivity index (χ0v) is 10.5. The van der Waals surface area contributed by atoms with Gasteiger partial charge in [-0.2, -0.15) is 0 Å². The molecule has 1 rings (SSSR count). The first-order valence-electron chi connectivity index (χ1n) is 3.01. The van der Waals surface area contributed by atoms with Gasteiger partial charge in [-0.05, 0) is 0 Å². The molecule has 0 saturated heterocycles. The van der Waals surface area contributed by atoms with Crippen LogP contribution < -0.4 is 4.46 Å². The van der Waals surface area contributed by atoms with Crippen LogP contribution in [0.5, 0.6) is 0 Å². The molecule has 0 aliphatic rings. The topological polar surface area (TPSA) is 0 Å². The van der Waals surface area contributed by atoms with Crippen molar-refractivity contribution in [3.05, 3.63) is 30.3 Å². The molecule has 2 heteroatoms. The summed E-state index contributed by atoms with van der Waals surface area (Å²) in [7, 11) is 0. The average molecular weight is 308 g/mol. The summed E-state index contributed by atoms with van der Waals surface area (Å²) >= 11 is 3.25. The summed E-state index contributed by atoms with van der Waals surface area (Å²) < 4.78 is 1.20. The minimum absolute atomic E-state index is 0.350. The molecule has 0 N–H and O–H groups in total. The molecule has 0 aliphatic heterocycles. The van der Waals surface area contributed by atoms with Crippen molar-refractivity contribution in [3.8, 4) is 0 Å². The van der Waals surface area contributed by atoms with Crippen LogP contribution in [0.15, 0.2) is 30.3 Å². The van der Waals surface area contributed by atoms with Crippen molar-refractivity contribution in [1.29, 1.82) is 0 Å². The van der Waals surface area contributed by atoms with Crippen LogP contribution in [0.4, 0.5) is 0 Å². The molecule has 1 aromatic rings. The summed E-state index contributed by atoms with van der Waals surface area (Å²) in [6.45, 7) is 0. The van der Waals surface area contributed by atoms with Gasteiger partial charge >= 0.3 is 82.2 Å². The Morgan fingerprint density at radius 1 is 1.10 bits per heavy atom. The van der Waals surface area contributed by atoms with Gasteiger partial charge in [-0.25, -0.2) is 0 Å². The summed E-state index contributed by atoms with van der Waals surface area (Å²) in [6.07, 6.45) is 0. The standard InChI is InChI=1S/C6H5Se.2CH3.Sb/c7-6-4-2-1-3-5-6;;;/h1-5H;2*1H3;. The van der Waals surface area contributed by atoms with Gasteiger partial charge in [0, 0.05) is 0 Å². The van der Waals surface area contributed by atoms with Gasteiger partial charge in [-0.15, -0.1) is 0 Å². The Hall–Kier alpha value is 0.558. The van der Waals surface area contributed by atoms with Crippen LogP contribution in [0.3, 0.4) is 0 Å². The van der Waals surface area contributed by atoms with E-state index in [0.717, 1.165) is 0 Å². The van der Waals surface area contributed by atoms with Crippen LogP contribution in [-0.2, 0) is 0 Å². The van der Waals surface area contributed by atoms with E-state index in [0.29, 0.717) is 21.6 Å². The van der Waals surface area contributed by atoms with E-state index in [1.165, 1.54) is 4.46 Å². The van der Waals surface area contributed by atoms with Crippen LogP contribution in [-0.4, -0.2) is 37.6 Å². The van der Waals surface area contributed by atoms with Crippen LogP contribution in [0.25, 0.3) is 0 Å². The third kappa shape index (κ3) is 6.67. The molecule has 0 bridgehead atoms. The van der Waals surface area contributed by atoms with Crippen LogP contribution >= 0.6 is 0 Å². The monoisotopic (exact) mass is 308 g/mol. The van der Waals surface area contributed by atoms with E-state index in [2.05, 4.69) is 25.8 Å². The van der Waals surface area contributed by atoms with Crippen LogP contribution in [0, 0.1) is 0 Å². The summed E-state index contributed by atoms with van der Waals surface area (Å²) in [5.74, 6) is 0. The molecule has 0 unspecified atom stereocenters. The van der Waals surface area contributed by atoms with Crippen molar-refractivity contribution in [2.45, 2.75) is 9.74 Å². The molecule has 0 amide bonds. The third-order valence-corrected chi connectivity index (χ3v) is 1.31. The molecule has 2 radical (unpaired) electrons. The van der Waals surface area contributed by atoms with Crippen molar-refractivity contribution in [1.82, 2.24) is 0 Å². The molecule has 0 aliphatic carbocycles. The zero-order valence-electron chi connectivity index (χ0n) is 6.24. The second kappa shape index (κ2) is 7.66. The van der Waals surface area contributed by atoms with Gasteiger partial charge in [0.1, 0.15) is 0 Å². The molecule has 1 aromatic carbocycles. The van der Waals surface area contributed by atoms with Gasteiger partial charge in [-0.3, -0.25) is 0 Å². The van der Waals surface area contributed by atoms with Crippen molar-refractivity contribution < 1.29 is 0 Å². The maximum atomic E-state index is 2.90. The van der Waals surface area contributed by atoms with E-state index in [1.807, 2.05) is 30.3 Å². The number of hydrogen-bond acceptors (Lipinski definition) is 0. The van der Waals surface area contributed by atoms with E-state index in [-0.39, 0.29) is 0 Å². The van der Waals surface area contributed by atoms with Crippen molar-refractivity contribution in [3.63, 3.8) is 0 Å². The number of hydrogen-bond donors (Lipinski definition) is 0. The summed E-state index contributed by atoms with van der Waals surface area (Å²) in [4.78, 5) is 4.55. The molecule has 0 fully saturated rings. The van der Waals surface area contributed by atoms with Crippen LogP contribution in [0.1, 0.15) is 0 Å². The second-order valence-corrected chi connectivity index (χ2v) is 5.30. The average Bonchev–Trinajstić information content (AvgIpc) is 1.91. The number of benzene rings is 1. The Bertz CT molecular complexity index is 151. The van der Waals surface area contributed by atoms with E-state index in [9.17, 15) is 0 Å². The first-order chi connectivity index (χ1) is 4.81. The third-order valence-electron chi connectivity index (χ3n) is 0.743. The zero-order chi connectivity index (χ0) is 7.82.